The normalized spacial score (nSPS) is 15.1. The van der Waals surface area contributed by atoms with E-state index in [1.165, 1.54) is 16.0 Å². The van der Waals surface area contributed by atoms with Gasteiger partial charge in [-0.05, 0) is 47.5 Å². The van der Waals surface area contributed by atoms with E-state index in [0.717, 1.165) is 18.0 Å². The molecule has 0 bridgehead atoms. The van der Waals surface area contributed by atoms with Crippen LogP contribution in [-0.4, -0.2) is 13.2 Å². The van der Waals surface area contributed by atoms with E-state index in [1.807, 2.05) is 17.4 Å². The molecule has 0 fully saturated rings. The highest BCUT2D eigenvalue weighted by Gasteiger charge is 2.19. The van der Waals surface area contributed by atoms with Crippen molar-refractivity contribution in [3.05, 3.63) is 45.6 Å². The van der Waals surface area contributed by atoms with Crippen molar-refractivity contribution >= 4 is 11.3 Å². The second kappa shape index (κ2) is 6.71. The summed E-state index contributed by atoms with van der Waals surface area (Å²) in [5.41, 5.74) is 2.62. The van der Waals surface area contributed by atoms with Crippen molar-refractivity contribution in [3.8, 4) is 11.5 Å². The number of rotatable bonds is 5. The van der Waals surface area contributed by atoms with E-state index in [9.17, 15) is 0 Å². The summed E-state index contributed by atoms with van der Waals surface area (Å²) in [7, 11) is 0. The van der Waals surface area contributed by atoms with Crippen molar-refractivity contribution in [2.75, 3.05) is 13.2 Å². The van der Waals surface area contributed by atoms with Crippen LogP contribution in [0.1, 0.15) is 35.9 Å². The molecule has 118 valence electrons. The number of aryl methyl sites for hydroxylation is 1. The molecule has 0 aliphatic carbocycles. The number of hydrogen-bond acceptors (Lipinski definition) is 4. The van der Waals surface area contributed by atoms with Gasteiger partial charge in [-0.15, -0.1) is 11.3 Å². The van der Waals surface area contributed by atoms with Gasteiger partial charge in [0.05, 0.1) is 0 Å². The van der Waals surface area contributed by atoms with Crippen LogP contribution >= 0.6 is 11.3 Å². The molecule has 2 aromatic rings. The Labute approximate surface area is 136 Å². The molecular weight excluding hydrogens is 294 g/mol. The van der Waals surface area contributed by atoms with Gasteiger partial charge in [0.25, 0.3) is 0 Å². The van der Waals surface area contributed by atoms with Crippen LogP contribution in [0.2, 0.25) is 0 Å². The fourth-order valence-electron chi connectivity index (χ4n) is 2.78. The van der Waals surface area contributed by atoms with Gasteiger partial charge in [0.15, 0.2) is 11.5 Å². The van der Waals surface area contributed by atoms with Gasteiger partial charge in [-0.3, -0.25) is 0 Å². The number of nitrogens with one attached hydrogen (secondary N) is 1. The van der Waals surface area contributed by atoms with E-state index in [4.69, 9.17) is 9.47 Å². The van der Waals surface area contributed by atoms with Gasteiger partial charge in [-0.1, -0.05) is 19.9 Å². The van der Waals surface area contributed by atoms with E-state index in [-0.39, 0.29) is 0 Å². The highest BCUT2D eigenvalue weighted by Crippen LogP contribution is 2.34. The number of thiophene rings is 1. The zero-order chi connectivity index (χ0) is 15.5. The lowest BCUT2D eigenvalue weighted by molar-refractivity contribution is 0.171. The zero-order valence-electron chi connectivity index (χ0n) is 13.4. The molecule has 3 rings (SSSR count). The highest BCUT2D eigenvalue weighted by atomic mass is 32.1. The fourth-order valence-corrected chi connectivity index (χ4v) is 3.64. The molecule has 4 heteroatoms. The predicted octanol–water partition coefficient (Wildman–Crippen LogP) is 4.31. The molecule has 1 atom stereocenters. The highest BCUT2D eigenvalue weighted by molar-refractivity contribution is 7.10. The molecule has 22 heavy (non-hydrogen) atoms. The second-order valence-corrected chi connectivity index (χ2v) is 7.03. The average Bonchev–Trinajstić information content (AvgIpc) is 2.92. The number of ether oxygens (including phenoxy) is 2. The molecule has 1 aromatic heterocycles. The van der Waals surface area contributed by atoms with Gasteiger partial charge in [0.2, 0.25) is 0 Å². The van der Waals surface area contributed by atoms with Gasteiger partial charge < -0.3 is 14.8 Å². The number of hydrogen-bond donors (Lipinski definition) is 1. The van der Waals surface area contributed by atoms with Gasteiger partial charge in [-0.2, -0.15) is 0 Å². The first-order chi connectivity index (χ1) is 10.6. The van der Waals surface area contributed by atoms with Crippen LogP contribution in [0.3, 0.4) is 0 Å². The predicted molar refractivity (Wildman–Crippen MR) is 90.9 cm³/mol. The molecule has 1 aromatic carbocycles. The maximum Gasteiger partial charge on any atom is 0.161 e. The quantitative estimate of drug-likeness (QED) is 0.891. The SMILES string of the molecule is Cc1ccsc1CNC(c1ccc2c(c1)OCCO2)C(C)C. The topological polar surface area (TPSA) is 30.5 Å². The Bertz CT molecular complexity index is 636. The second-order valence-electron chi connectivity index (χ2n) is 6.03. The molecule has 1 aliphatic rings. The minimum absolute atomic E-state index is 0.303. The summed E-state index contributed by atoms with van der Waals surface area (Å²) in [5.74, 6) is 2.22. The van der Waals surface area contributed by atoms with Crippen LogP contribution in [0.25, 0.3) is 0 Å². The molecule has 0 saturated carbocycles. The maximum absolute atomic E-state index is 5.71. The number of fused-ring (bicyclic) bond motifs is 1. The summed E-state index contributed by atoms with van der Waals surface area (Å²) in [6.07, 6.45) is 0. The minimum Gasteiger partial charge on any atom is -0.486 e. The van der Waals surface area contributed by atoms with Gasteiger partial charge in [0, 0.05) is 17.5 Å². The van der Waals surface area contributed by atoms with Crippen LogP contribution in [0.4, 0.5) is 0 Å². The Balaban J connectivity index is 1.77. The van der Waals surface area contributed by atoms with Crippen molar-refractivity contribution in [1.29, 1.82) is 0 Å². The molecule has 0 amide bonds. The third kappa shape index (κ3) is 3.28. The maximum atomic E-state index is 5.71. The molecule has 0 spiro atoms. The van der Waals surface area contributed by atoms with Crippen molar-refractivity contribution in [1.82, 2.24) is 5.32 Å². The van der Waals surface area contributed by atoms with Crippen LogP contribution in [0, 0.1) is 12.8 Å². The van der Waals surface area contributed by atoms with E-state index in [0.29, 0.717) is 25.2 Å². The van der Waals surface area contributed by atoms with Gasteiger partial charge in [0.1, 0.15) is 13.2 Å². The lowest BCUT2D eigenvalue weighted by Gasteiger charge is -2.25. The lowest BCUT2D eigenvalue weighted by atomic mass is 9.95. The summed E-state index contributed by atoms with van der Waals surface area (Å²) < 4.78 is 11.3. The molecular formula is C18H23NO2S. The van der Waals surface area contributed by atoms with Crippen LogP contribution < -0.4 is 14.8 Å². The lowest BCUT2D eigenvalue weighted by Crippen LogP contribution is -2.25. The van der Waals surface area contributed by atoms with Crippen LogP contribution in [-0.2, 0) is 6.54 Å². The Morgan fingerprint density at radius 1 is 1.14 bits per heavy atom. The monoisotopic (exact) mass is 317 g/mol. The smallest absolute Gasteiger partial charge is 0.161 e. The molecule has 2 heterocycles. The minimum atomic E-state index is 0.303. The van der Waals surface area contributed by atoms with Crippen LogP contribution in [0.15, 0.2) is 29.6 Å². The van der Waals surface area contributed by atoms with E-state index < -0.39 is 0 Å². The van der Waals surface area contributed by atoms with Gasteiger partial charge in [-0.25, -0.2) is 0 Å². The fraction of sp³-hybridized carbons (Fsp3) is 0.444. The van der Waals surface area contributed by atoms with Crippen LogP contribution in [0.5, 0.6) is 11.5 Å². The average molecular weight is 317 g/mol. The van der Waals surface area contributed by atoms with Gasteiger partial charge >= 0.3 is 0 Å². The van der Waals surface area contributed by atoms with E-state index in [1.54, 1.807) is 0 Å². The van der Waals surface area contributed by atoms with Crippen molar-refractivity contribution in [3.63, 3.8) is 0 Å². The Morgan fingerprint density at radius 3 is 2.59 bits per heavy atom. The standard InChI is InChI=1S/C18H23NO2S/c1-12(2)18(19-11-17-13(3)6-9-22-17)14-4-5-15-16(10-14)21-8-7-20-15/h4-6,9-10,12,18-19H,7-8,11H2,1-3H3. The molecule has 0 saturated heterocycles. The third-order valence-corrected chi connectivity index (χ3v) is 5.07. The van der Waals surface area contributed by atoms with Crippen molar-refractivity contribution < 1.29 is 9.47 Å². The van der Waals surface area contributed by atoms with Crippen molar-refractivity contribution in [2.24, 2.45) is 5.92 Å². The summed E-state index contributed by atoms with van der Waals surface area (Å²) in [4.78, 5) is 1.41. The Hall–Kier alpha value is -1.52. The van der Waals surface area contributed by atoms with Crippen molar-refractivity contribution in [2.45, 2.75) is 33.4 Å². The summed E-state index contributed by atoms with van der Waals surface area (Å²) >= 11 is 1.81. The molecule has 0 radical (unpaired) electrons. The Morgan fingerprint density at radius 2 is 1.91 bits per heavy atom. The first-order valence-corrected chi connectivity index (χ1v) is 8.69. The zero-order valence-corrected chi connectivity index (χ0v) is 14.2. The molecule has 1 unspecified atom stereocenters. The summed E-state index contributed by atoms with van der Waals surface area (Å²) in [6.45, 7) is 8.83. The first-order valence-electron chi connectivity index (χ1n) is 7.81. The largest absolute Gasteiger partial charge is 0.486 e. The van der Waals surface area contributed by atoms with E-state index in [2.05, 4.69) is 49.7 Å². The first kappa shape index (κ1) is 15.4. The Kier molecular flexibility index (Phi) is 4.69. The number of benzene rings is 1. The molecule has 1 aliphatic heterocycles. The molecule has 1 N–H and O–H groups in total. The summed E-state index contributed by atoms with van der Waals surface area (Å²) in [5, 5.41) is 5.85. The molecule has 3 nitrogen and oxygen atoms in total. The summed E-state index contributed by atoms with van der Waals surface area (Å²) in [6, 6.07) is 8.77. The third-order valence-electron chi connectivity index (χ3n) is 4.04. The van der Waals surface area contributed by atoms with E-state index >= 15 is 0 Å².